The van der Waals surface area contributed by atoms with Gasteiger partial charge in [0, 0.05) is 16.8 Å². The van der Waals surface area contributed by atoms with E-state index in [0.29, 0.717) is 20.6 Å². The van der Waals surface area contributed by atoms with Crippen molar-refractivity contribution >= 4 is 77.0 Å². The lowest BCUT2D eigenvalue weighted by Gasteiger charge is -2.27. The van der Waals surface area contributed by atoms with E-state index in [1.54, 1.807) is 56.6 Å². The zero-order valence-corrected chi connectivity index (χ0v) is 23.0. The maximum absolute atomic E-state index is 12.5. The molecule has 0 unspecified atom stereocenters. The highest BCUT2D eigenvalue weighted by atomic mass is 79.9. The molecular formula is C20H23BrClN5O3S3. The zero-order valence-electron chi connectivity index (χ0n) is 18.2. The molecule has 3 N–H and O–H groups in total. The highest BCUT2D eigenvalue weighted by Crippen LogP contribution is 2.28. The number of anilines is 3. The van der Waals surface area contributed by atoms with Crippen LogP contribution >= 0.6 is 38.9 Å². The van der Waals surface area contributed by atoms with Crippen LogP contribution in [0.4, 0.5) is 17.5 Å². The van der Waals surface area contributed by atoms with E-state index in [2.05, 4.69) is 40.3 Å². The molecule has 3 aromatic rings. The van der Waals surface area contributed by atoms with Crippen molar-refractivity contribution in [1.82, 2.24) is 9.97 Å². The lowest BCUT2D eigenvalue weighted by Crippen LogP contribution is -2.39. The van der Waals surface area contributed by atoms with E-state index < -0.39 is 26.3 Å². The molecule has 0 fully saturated rings. The Morgan fingerprint density at radius 1 is 1.24 bits per heavy atom. The third-order valence-electron chi connectivity index (χ3n) is 4.62. The average molecular weight is 593 g/mol. The standard InChI is InChI=1S/C20H23BrClN5O3S3/c1-12(20(2,3)28)24-18-15(21)11-23-19(26-18)25-13-5-7-14(8-6-13)32(4)27-33(29,30)17-10-9-16(22)31-17/h5-12,28H,1-4H3,(H2,23,24,25,26)/t12-,32+/m1/s1. The van der Waals surface area contributed by atoms with Gasteiger partial charge in [-0.25, -0.2) is 4.98 Å². The van der Waals surface area contributed by atoms with Gasteiger partial charge < -0.3 is 15.7 Å². The van der Waals surface area contributed by atoms with Crippen LogP contribution in [0.2, 0.25) is 4.34 Å². The van der Waals surface area contributed by atoms with Gasteiger partial charge in [0.1, 0.15) is 10.0 Å². The molecular weight excluding hydrogens is 570 g/mol. The number of nitrogens with one attached hydrogen (secondary N) is 2. The van der Waals surface area contributed by atoms with E-state index in [1.807, 2.05) is 6.92 Å². The maximum atomic E-state index is 12.5. The van der Waals surface area contributed by atoms with Crippen LogP contribution < -0.4 is 10.6 Å². The van der Waals surface area contributed by atoms with Gasteiger partial charge in [0.2, 0.25) is 5.95 Å². The summed E-state index contributed by atoms with van der Waals surface area (Å²) in [5.41, 5.74) is -0.202. The van der Waals surface area contributed by atoms with Crippen molar-refractivity contribution in [1.29, 1.82) is 0 Å². The highest BCUT2D eigenvalue weighted by Gasteiger charge is 2.23. The molecule has 0 saturated carbocycles. The first kappa shape index (κ1) is 26.0. The summed E-state index contributed by atoms with van der Waals surface area (Å²) in [6.45, 7) is 5.30. The van der Waals surface area contributed by atoms with Crippen LogP contribution in [-0.2, 0) is 20.7 Å². The summed E-state index contributed by atoms with van der Waals surface area (Å²) in [6, 6.07) is 9.98. The van der Waals surface area contributed by atoms with Gasteiger partial charge in [-0.05, 0) is 79.4 Å². The molecule has 33 heavy (non-hydrogen) atoms. The van der Waals surface area contributed by atoms with Crippen molar-refractivity contribution in [3.8, 4) is 0 Å². The molecule has 0 aliphatic heterocycles. The number of hydrogen-bond acceptors (Lipinski definition) is 8. The Bertz CT molecular complexity index is 1270. The number of halogens is 2. The summed E-state index contributed by atoms with van der Waals surface area (Å²) in [5, 5.41) is 16.5. The predicted molar refractivity (Wildman–Crippen MR) is 139 cm³/mol. The van der Waals surface area contributed by atoms with Crippen LogP contribution in [0, 0.1) is 0 Å². The van der Waals surface area contributed by atoms with Crippen molar-refractivity contribution in [2.45, 2.75) is 41.5 Å². The molecule has 0 amide bonds. The molecule has 0 saturated heterocycles. The molecule has 8 nitrogen and oxygen atoms in total. The molecule has 0 spiro atoms. The average Bonchev–Trinajstić information content (AvgIpc) is 3.17. The molecule has 13 heteroatoms. The monoisotopic (exact) mass is 591 g/mol. The van der Waals surface area contributed by atoms with Gasteiger partial charge in [-0.2, -0.15) is 13.4 Å². The van der Waals surface area contributed by atoms with Gasteiger partial charge >= 0.3 is 0 Å². The molecule has 0 radical (unpaired) electrons. The topological polar surface area (TPSA) is 117 Å². The lowest BCUT2D eigenvalue weighted by molar-refractivity contribution is 0.0647. The van der Waals surface area contributed by atoms with Gasteiger partial charge in [0.25, 0.3) is 10.0 Å². The Labute approximate surface area is 213 Å². The largest absolute Gasteiger partial charge is 0.388 e. The second-order valence-corrected chi connectivity index (χ2v) is 13.9. The molecule has 0 aliphatic rings. The van der Waals surface area contributed by atoms with Crippen LogP contribution in [0.1, 0.15) is 20.8 Å². The van der Waals surface area contributed by atoms with Crippen LogP contribution in [0.3, 0.4) is 0 Å². The van der Waals surface area contributed by atoms with E-state index in [9.17, 15) is 13.5 Å². The first-order valence-electron chi connectivity index (χ1n) is 9.63. The van der Waals surface area contributed by atoms with Crippen LogP contribution in [0.5, 0.6) is 0 Å². The van der Waals surface area contributed by atoms with Gasteiger partial charge in [-0.15, -0.1) is 15.1 Å². The van der Waals surface area contributed by atoms with Gasteiger partial charge in [-0.1, -0.05) is 22.3 Å². The van der Waals surface area contributed by atoms with Crippen molar-refractivity contribution in [2.75, 3.05) is 16.9 Å². The van der Waals surface area contributed by atoms with Crippen molar-refractivity contribution < 1.29 is 13.5 Å². The van der Waals surface area contributed by atoms with E-state index in [1.165, 1.54) is 6.07 Å². The molecule has 1 aromatic carbocycles. The fourth-order valence-corrected chi connectivity index (χ4v) is 7.21. The zero-order chi connectivity index (χ0) is 24.4. The summed E-state index contributed by atoms with van der Waals surface area (Å²) in [4.78, 5) is 9.50. The van der Waals surface area contributed by atoms with E-state index in [4.69, 9.17) is 11.6 Å². The number of aliphatic hydroxyl groups is 1. The third-order valence-corrected chi connectivity index (χ3v) is 10.4. The Morgan fingerprint density at radius 2 is 1.91 bits per heavy atom. The number of benzene rings is 1. The number of nitrogens with zero attached hydrogens (tertiary/aromatic N) is 3. The molecule has 2 heterocycles. The van der Waals surface area contributed by atoms with Crippen molar-refractivity contribution in [3.05, 3.63) is 51.4 Å². The second-order valence-electron chi connectivity index (χ2n) is 7.65. The van der Waals surface area contributed by atoms with E-state index >= 15 is 0 Å². The maximum Gasteiger partial charge on any atom is 0.297 e. The Kier molecular flexibility index (Phi) is 8.18. The minimum Gasteiger partial charge on any atom is -0.388 e. The Morgan fingerprint density at radius 3 is 2.48 bits per heavy atom. The SMILES string of the molecule is C[C@@H](Nc1nc(Nc2ccc([S@](C)=NS(=O)(=O)c3ccc(Cl)s3)cc2)ncc1Br)C(C)(C)O. The molecule has 2 atom stereocenters. The summed E-state index contributed by atoms with van der Waals surface area (Å²) in [7, 11) is -4.64. The van der Waals surface area contributed by atoms with E-state index in [-0.39, 0.29) is 10.3 Å². The molecule has 0 aliphatic carbocycles. The fourth-order valence-electron chi connectivity index (χ4n) is 2.44. The van der Waals surface area contributed by atoms with E-state index in [0.717, 1.165) is 21.9 Å². The second kappa shape index (κ2) is 10.4. The lowest BCUT2D eigenvalue weighted by atomic mass is 10.0. The van der Waals surface area contributed by atoms with Gasteiger partial charge in [-0.3, -0.25) is 0 Å². The quantitative estimate of drug-likeness (QED) is 0.319. The molecule has 178 valence electrons. The fraction of sp³-hybridized carbons (Fsp3) is 0.300. The van der Waals surface area contributed by atoms with Crippen molar-refractivity contribution in [3.63, 3.8) is 0 Å². The minimum atomic E-state index is -3.77. The van der Waals surface area contributed by atoms with Crippen LogP contribution in [0.15, 0.2) is 59.9 Å². The highest BCUT2D eigenvalue weighted by molar-refractivity contribution is 9.10. The van der Waals surface area contributed by atoms with Crippen LogP contribution in [0.25, 0.3) is 0 Å². The first-order valence-corrected chi connectivity index (χ1v) is 14.6. The Balaban J connectivity index is 1.75. The predicted octanol–water partition coefficient (Wildman–Crippen LogP) is 5.45. The number of thiophene rings is 1. The summed E-state index contributed by atoms with van der Waals surface area (Å²) >= 11 is 10.2. The Hall–Kier alpha value is -1.57. The minimum absolute atomic E-state index is 0.126. The third kappa shape index (κ3) is 6.96. The summed E-state index contributed by atoms with van der Waals surface area (Å²) < 4.78 is 30.2. The first-order chi connectivity index (χ1) is 15.3. The molecule has 2 aromatic heterocycles. The molecule has 3 rings (SSSR count). The number of rotatable bonds is 8. The number of hydrogen-bond donors (Lipinski definition) is 3. The van der Waals surface area contributed by atoms with Gasteiger partial charge in [0.05, 0.1) is 20.5 Å². The summed E-state index contributed by atoms with van der Waals surface area (Å²) in [6.07, 6.45) is 3.36. The van der Waals surface area contributed by atoms with Crippen LogP contribution in [-0.4, -0.2) is 41.4 Å². The normalized spacial score (nSPS) is 14.2. The summed E-state index contributed by atoms with van der Waals surface area (Å²) in [5.74, 6) is 0.917. The van der Waals surface area contributed by atoms with Crippen molar-refractivity contribution in [2.24, 2.45) is 3.77 Å². The number of aromatic nitrogens is 2. The van der Waals surface area contributed by atoms with Gasteiger partial charge in [0.15, 0.2) is 0 Å². The number of sulfonamides is 1. The molecule has 0 bridgehead atoms. The smallest absolute Gasteiger partial charge is 0.297 e.